The van der Waals surface area contributed by atoms with Crippen molar-refractivity contribution in [3.8, 4) is 0 Å². The van der Waals surface area contributed by atoms with E-state index in [1.165, 1.54) is 0 Å². The van der Waals surface area contributed by atoms with E-state index >= 15 is 0 Å². The minimum Gasteiger partial charge on any atom is -0.392 e. The van der Waals surface area contributed by atoms with Gasteiger partial charge in [-0.25, -0.2) is 0 Å². The molecule has 0 saturated carbocycles. The molecule has 2 rings (SSSR count). The van der Waals surface area contributed by atoms with Crippen LogP contribution in [0.15, 0.2) is 33.6 Å². The van der Waals surface area contributed by atoms with Crippen molar-refractivity contribution in [1.29, 1.82) is 0 Å². The zero-order chi connectivity index (χ0) is 15.4. The summed E-state index contributed by atoms with van der Waals surface area (Å²) in [6.07, 6.45) is 0.855. The van der Waals surface area contributed by atoms with Gasteiger partial charge in [-0.1, -0.05) is 30.7 Å². The molecule has 0 aliphatic heterocycles. The van der Waals surface area contributed by atoms with Gasteiger partial charge in [0, 0.05) is 28.6 Å². The first kappa shape index (κ1) is 16.9. The fourth-order valence-electron chi connectivity index (χ4n) is 2.07. The van der Waals surface area contributed by atoms with E-state index in [1.54, 1.807) is 16.4 Å². The van der Waals surface area contributed by atoms with Crippen LogP contribution in [0.4, 0.5) is 0 Å². The lowest BCUT2D eigenvalue weighted by atomic mass is 10.2. The number of rotatable bonds is 6. The highest BCUT2D eigenvalue weighted by molar-refractivity contribution is 9.10. The Hall–Kier alpha value is -0.490. The van der Waals surface area contributed by atoms with Crippen LogP contribution in [0.25, 0.3) is 0 Å². The molecular formula is C15H18BrClN2OS. The van der Waals surface area contributed by atoms with Gasteiger partial charge in [-0.3, -0.25) is 4.68 Å². The lowest BCUT2D eigenvalue weighted by Crippen LogP contribution is -2.16. The van der Waals surface area contributed by atoms with Crippen LogP contribution < -0.4 is 0 Å². The maximum absolute atomic E-state index is 10.2. The average molecular weight is 390 g/mol. The number of aryl methyl sites for hydroxylation is 2. The molecule has 0 aliphatic rings. The molecule has 0 saturated heterocycles. The molecule has 2 aromatic rings. The largest absolute Gasteiger partial charge is 0.392 e. The Kier molecular flexibility index (Phi) is 6.17. The molecule has 1 aromatic heterocycles. The molecule has 0 amide bonds. The topological polar surface area (TPSA) is 38.0 Å². The lowest BCUT2D eigenvalue weighted by Gasteiger charge is -2.11. The van der Waals surface area contributed by atoms with Crippen LogP contribution >= 0.6 is 39.3 Å². The van der Waals surface area contributed by atoms with Crippen molar-refractivity contribution in [1.82, 2.24) is 9.78 Å². The highest BCUT2D eigenvalue weighted by Crippen LogP contribution is 2.28. The van der Waals surface area contributed by atoms with E-state index in [-0.39, 0.29) is 0 Å². The summed E-state index contributed by atoms with van der Waals surface area (Å²) in [6, 6.07) is 8.01. The molecule has 0 radical (unpaired) electrons. The predicted molar refractivity (Wildman–Crippen MR) is 92.2 cm³/mol. The summed E-state index contributed by atoms with van der Waals surface area (Å²) in [5, 5.41) is 15.3. The fraction of sp³-hybridized carbons (Fsp3) is 0.400. The molecule has 1 heterocycles. The summed E-state index contributed by atoms with van der Waals surface area (Å²) in [7, 11) is 1.87. The Morgan fingerprint density at radius 2 is 2.14 bits per heavy atom. The molecular weight excluding hydrogens is 372 g/mol. The zero-order valence-electron chi connectivity index (χ0n) is 12.0. The summed E-state index contributed by atoms with van der Waals surface area (Å²) >= 11 is 11.4. The molecule has 21 heavy (non-hydrogen) atoms. The SMILES string of the molecule is CCc1nn(C)c(CC(O)CSc2ccccc2Br)c1Cl. The number of halogens is 2. The first-order chi connectivity index (χ1) is 10.0. The third kappa shape index (κ3) is 4.25. The van der Waals surface area contributed by atoms with Gasteiger partial charge in [0.05, 0.1) is 22.5 Å². The number of aliphatic hydroxyl groups is 1. The minimum absolute atomic E-state index is 0.459. The van der Waals surface area contributed by atoms with Crippen molar-refractivity contribution in [3.63, 3.8) is 0 Å². The predicted octanol–water partition coefficient (Wildman–Crippen LogP) is 4.09. The van der Waals surface area contributed by atoms with Crippen LogP contribution in [0.5, 0.6) is 0 Å². The molecule has 1 unspecified atom stereocenters. The zero-order valence-corrected chi connectivity index (χ0v) is 15.2. The first-order valence-corrected chi connectivity index (χ1v) is 8.94. The quantitative estimate of drug-likeness (QED) is 0.756. The van der Waals surface area contributed by atoms with Crippen molar-refractivity contribution in [2.24, 2.45) is 7.05 Å². The van der Waals surface area contributed by atoms with Gasteiger partial charge in [-0.2, -0.15) is 5.10 Å². The number of hydrogen-bond donors (Lipinski definition) is 1. The van der Waals surface area contributed by atoms with E-state index in [0.29, 0.717) is 17.2 Å². The Balaban J connectivity index is 1.98. The van der Waals surface area contributed by atoms with E-state index in [0.717, 1.165) is 27.2 Å². The van der Waals surface area contributed by atoms with Crippen LogP contribution in [0, 0.1) is 0 Å². The number of aromatic nitrogens is 2. The molecule has 1 atom stereocenters. The number of aliphatic hydroxyl groups excluding tert-OH is 1. The fourth-order valence-corrected chi connectivity index (χ4v) is 3.94. The number of hydrogen-bond acceptors (Lipinski definition) is 3. The second-order valence-corrected chi connectivity index (χ2v) is 7.08. The van der Waals surface area contributed by atoms with E-state index in [4.69, 9.17) is 11.6 Å². The van der Waals surface area contributed by atoms with Gasteiger partial charge in [0.15, 0.2) is 0 Å². The van der Waals surface area contributed by atoms with Crippen molar-refractivity contribution >= 4 is 39.3 Å². The van der Waals surface area contributed by atoms with Gasteiger partial charge >= 0.3 is 0 Å². The van der Waals surface area contributed by atoms with Crippen molar-refractivity contribution in [3.05, 3.63) is 45.1 Å². The summed E-state index contributed by atoms with van der Waals surface area (Å²) in [5.41, 5.74) is 1.79. The third-order valence-electron chi connectivity index (χ3n) is 3.20. The molecule has 1 N–H and O–H groups in total. The number of thioether (sulfide) groups is 1. The maximum Gasteiger partial charge on any atom is 0.0850 e. The van der Waals surface area contributed by atoms with Crippen LogP contribution in [0.3, 0.4) is 0 Å². The van der Waals surface area contributed by atoms with Gasteiger partial charge in [0.25, 0.3) is 0 Å². The summed E-state index contributed by atoms with van der Waals surface area (Å²) in [5.74, 6) is 0.617. The van der Waals surface area contributed by atoms with E-state index in [1.807, 2.05) is 38.2 Å². The van der Waals surface area contributed by atoms with Crippen LogP contribution in [0.1, 0.15) is 18.3 Å². The summed E-state index contributed by atoms with van der Waals surface area (Å²) in [4.78, 5) is 1.13. The van der Waals surface area contributed by atoms with E-state index in [9.17, 15) is 5.11 Å². The summed E-state index contributed by atoms with van der Waals surface area (Å²) < 4.78 is 2.82. The highest BCUT2D eigenvalue weighted by Gasteiger charge is 2.17. The van der Waals surface area contributed by atoms with Gasteiger partial charge in [0.1, 0.15) is 0 Å². The van der Waals surface area contributed by atoms with Crippen LogP contribution in [-0.2, 0) is 19.9 Å². The van der Waals surface area contributed by atoms with Crippen LogP contribution in [0.2, 0.25) is 5.02 Å². The molecule has 114 valence electrons. The third-order valence-corrected chi connectivity index (χ3v) is 5.81. The molecule has 3 nitrogen and oxygen atoms in total. The van der Waals surface area contributed by atoms with Crippen molar-refractivity contribution < 1.29 is 5.11 Å². The Morgan fingerprint density at radius 1 is 1.43 bits per heavy atom. The normalized spacial score (nSPS) is 12.6. The number of benzene rings is 1. The Labute approximate surface area is 142 Å². The van der Waals surface area contributed by atoms with E-state index < -0.39 is 6.10 Å². The molecule has 6 heteroatoms. The number of nitrogens with zero attached hydrogens (tertiary/aromatic N) is 2. The Bertz CT molecular complexity index is 618. The van der Waals surface area contributed by atoms with Gasteiger partial charge in [-0.15, -0.1) is 11.8 Å². The van der Waals surface area contributed by atoms with E-state index in [2.05, 4.69) is 21.0 Å². The molecule has 0 fully saturated rings. The molecule has 0 aliphatic carbocycles. The monoisotopic (exact) mass is 388 g/mol. The highest BCUT2D eigenvalue weighted by atomic mass is 79.9. The first-order valence-electron chi connectivity index (χ1n) is 6.78. The molecule has 0 spiro atoms. The molecule has 1 aromatic carbocycles. The van der Waals surface area contributed by atoms with Crippen molar-refractivity contribution in [2.75, 3.05) is 5.75 Å². The minimum atomic E-state index is -0.459. The van der Waals surface area contributed by atoms with Gasteiger partial charge in [-0.05, 0) is 34.5 Å². The van der Waals surface area contributed by atoms with Gasteiger partial charge in [0.2, 0.25) is 0 Å². The second-order valence-electron chi connectivity index (χ2n) is 4.78. The molecule has 0 bridgehead atoms. The van der Waals surface area contributed by atoms with Gasteiger partial charge < -0.3 is 5.11 Å². The average Bonchev–Trinajstić information content (AvgIpc) is 2.74. The standard InChI is InChI=1S/C15H18BrClN2OS/c1-3-12-15(17)13(19(2)18-12)8-10(20)9-21-14-7-5-4-6-11(14)16/h4-7,10,20H,3,8-9H2,1-2H3. The summed E-state index contributed by atoms with van der Waals surface area (Å²) in [6.45, 7) is 2.03. The lowest BCUT2D eigenvalue weighted by molar-refractivity contribution is 0.197. The van der Waals surface area contributed by atoms with Crippen molar-refractivity contribution in [2.45, 2.75) is 30.8 Å². The smallest absolute Gasteiger partial charge is 0.0850 e. The van der Waals surface area contributed by atoms with Crippen LogP contribution in [-0.4, -0.2) is 26.7 Å². The second kappa shape index (κ2) is 7.68. The Morgan fingerprint density at radius 3 is 2.76 bits per heavy atom. The maximum atomic E-state index is 10.2.